The van der Waals surface area contributed by atoms with Crippen LogP contribution in [0.25, 0.3) is 0 Å². The molecule has 0 aromatic rings. The minimum atomic E-state index is -0.519. The second-order valence-electron chi connectivity index (χ2n) is 1.31. The largest absolute Gasteiger partial charge is 0.202 e. The molecule has 0 radical (unpaired) electrons. The van der Waals surface area contributed by atoms with Gasteiger partial charge in [-0.2, -0.15) is 0 Å². The Bertz CT molecular complexity index is 70.1. The van der Waals surface area contributed by atoms with Crippen LogP contribution in [0.4, 0.5) is 0 Å². The van der Waals surface area contributed by atoms with Gasteiger partial charge in [0, 0.05) is 0 Å². The van der Waals surface area contributed by atoms with E-state index in [1.54, 1.807) is 0 Å². The average Bonchev–Trinajstić information content (AvgIpc) is 1.65. The van der Waals surface area contributed by atoms with Crippen LogP contribution in [-0.2, 0) is 0 Å². The van der Waals surface area contributed by atoms with Crippen molar-refractivity contribution in [2.45, 2.75) is 13.3 Å². The molecule has 0 aromatic heterocycles. The zero-order valence-corrected chi connectivity index (χ0v) is 9.72. The molecule has 0 heterocycles. The van der Waals surface area contributed by atoms with Crippen LogP contribution in [0.2, 0.25) is 0 Å². The third-order valence-corrected chi connectivity index (χ3v) is 7.07. The summed E-state index contributed by atoms with van der Waals surface area (Å²) in [4.78, 5) is 0. The molecular formula is C4H8I2Si. The SMILES string of the molecule is C=C(CC)[SiH](I)I. The highest BCUT2D eigenvalue weighted by Crippen LogP contribution is 2.15. The summed E-state index contributed by atoms with van der Waals surface area (Å²) in [5, 5.41) is 1.46. The van der Waals surface area contributed by atoms with Gasteiger partial charge in [-0.3, -0.25) is 0 Å². The standard InChI is InChI=1S/C4H8I2Si/c1-3-4(2)7(5)6/h7H,2-3H2,1H3. The molecule has 0 nitrogen and oxygen atoms in total. The van der Waals surface area contributed by atoms with Gasteiger partial charge in [-0.25, -0.2) is 0 Å². The lowest BCUT2D eigenvalue weighted by Crippen LogP contribution is -1.92. The highest BCUT2D eigenvalue weighted by Gasteiger charge is 2.00. The van der Waals surface area contributed by atoms with Gasteiger partial charge in [0.15, 0.2) is 0 Å². The van der Waals surface area contributed by atoms with Crippen LogP contribution in [0.1, 0.15) is 13.3 Å². The van der Waals surface area contributed by atoms with Crippen LogP contribution in [-0.4, -0.2) is 3.79 Å². The first-order valence-corrected chi connectivity index (χ1v) is 11.1. The van der Waals surface area contributed by atoms with E-state index in [4.69, 9.17) is 0 Å². The maximum absolute atomic E-state index is 3.92. The summed E-state index contributed by atoms with van der Waals surface area (Å²) in [5.41, 5.74) is 0. The van der Waals surface area contributed by atoms with E-state index >= 15 is 0 Å². The van der Waals surface area contributed by atoms with E-state index in [2.05, 4.69) is 57.1 Å². The molecule has 0 aliphatic carbocycles. The van der Waals surface area contributed by atoms with Crippen molar-refractivity contribution in [3.8, 4) is 0 Å². The molecule has 3 heteroatoms. The van der Waals surface area contributed by atoms with Crippen molar-refractivity contribution in [1.82, 2.24) is 0 Å². The third-order valence-electron chi connectivity index (χ3n) is 0.763. The molecule has 0 saturated heterocycles. The van der Waals surface area contributed by atoms with Crippen LogP contribution in [0.3, 0.4) is 0 Å². The van der Waals surface area contributed by atoms with Crippen molar-refractivity contribution in [1.29, 1.82) is 0 Å². The van der Waals surface area contributed by atoms with E-state index in [0.717, 1.165) is 0 Å². The number of halogens is 2. The van der Waals surface area contributed by atoms with Gasteiger partial charge in [-0.05, 0) is 6.42 Å². The summed E-state index contributed by atoms with van der Waals surface area (Å²) in [5.74, 6) is 0. The average molecular weight is 338 g/mol. The predicted octanol–water partition coefficient (Wildman–Crippen LogP) is 2.58. The number of allylic oxidation sites excluding steroid dienone is 1. The molecule has 0 unspecified atom stereocenters. The molecule has 0 aliphatic heterocycles. The summed E-state index contributed by atoms with van der Waals surface area (Å²) >= 11 is 4.99. The van der Waals surface area contributed by atoms with Gasteiger partial charge >= 0.3 is 0 Å². The van der Waals surface area contributed by atoms with Crippen LogP contribution in [0.15, 0.2) is 11.8 Å². The van der Waals surface area contributed by atoms with Crippen molar-refractivity contribution in [2.75, 3.05) is 0 Å². The second kappa shape index (κ2) is 4.31. The molecule has 0 rings (SSSR count). The smallest absolute Gasteiger partial charge is 0.103 e. The van der Waals surface area contributed by atoms with Crippen LogP contribution in [0, 0.1) is 0 Å². The quantitative estimate of drug-likeness (QED) is 0.413. The fourth-order valence-electron chi connectivity index (χ4n) is 0.154. The molecule has 42 valence electrons. The van der Waals surface area contributed by atoms with Crippen LogP contribution < -0.4 is 0 Å². The summed E-state index contributed by atoms with van der Waals surface area (Å²) in [6, 6.07) is 0. The molecule has 0 atom stereocenters. The van der Waals surface area contributed by atoms with Crippen molar-refractivity contribution >= 4 is 47.4 Å². The highest BCUT2D eigenvalue weighted by molar-refractivity contribution is 14.3. The van der Waals surface area contributed by atoms with Gasteiger partial charge in [0.25, 0.3) is 0 Å². The van der Waals surface area contributed by atoms with Crippen LogP contribution in [0.5, 0.6) is 0 Å². The lowest BCUT2D eigenvalue weighted by molar-refractivity contribution is 1.20. The monoisotopic (exact) mass is 338 g/mol. The summed E-state index contributed by atoms with van der Waals surface area (Å²) < 4.78 is -0.519. The molecule has 0 bridgehead atoms. The third kappa shape index (κ3) is 3.96. The molecule has 0 spiro atoms. The summed E-state index contributed by atoms with van der Waals surface area (Å²) in [6.07, 6.45) is 1.17. The van der Waals surface area contributed by atoms with E-state index in [0.29, 0.717) is 0 Å². The first-order valence-electron chi connectivity index (χ1n) is 2.14. The fraction of sp³-hybridized carbons (Fsp3) is 0.500. The van der Waals surface area contributed by atoms with Gasteiger partial charge in [0.1, 0.15) is 0 Å². The zero-order chi connectivity index (χ0) is 5.86. The van der Waals surface area contributed by atoms with Crippen molar-refractivity contribution in [3.05, 3.63) is 11.8 Å². The Morgan fingerprint density at radius 1 is 1.71 bits per heavy atom. The Morgan fingerprint density at radius 2 is 2.14 bits per heavy atom. The minimum absolute atomic E-state index is 0.519. The lowest BCUT2D eigenvalue weighted by Gasteiger charge is -1.97. The Labute approximate surface area is 71.8 Å². The fourth-order valence-corrected chi connectivity index (χ4v) is 3.11. The number of hydrogen-bond acceptors (Lipinski definition) is 0. The van der Waals surface area contributed by atoms with Gasteiger partial charge in [0.2, 0.25) is 3.79 Å². The van der Waals surface area contributed by atoms with Gasteiger partial charge < -0.3 is 0 Å². The molecule has 7 heavy (non-hydrogen) atoms. The van der Waals surface area contributed by atoms with Gasteiger partial charge in [0.05, 0.1) is 0 Å². The topological polar surface area (TPSA) is 0 Å². The summed E-state index contributed by atoms with van der Waals surface area (Å²) in [6.45, 7) is 6.09. The first kappa shape index (κ1) is 8.42. The van der Waals surface area contributed by atoms with E-state index < -0.39 is 3.79 Å². The van der Waals surface area contributed by atoms with E-state index in [1.165, 1.54) is 11.6 Å². The van der Waals surface area contributed by atoms with Crippen molar-refractivity contribution in [2.24, 2.45) is 0 Å². The normalized spacial score (nSPS) is 9.71. The molecular weight excluding hydrogens is 330 g/mol. The minimum Gasteiger partial charge on any atom is -0.103 e. The second-order valence-corrected chi connectivity index (χ2v) is 17.4. The number of hydrogen-bond donors (Lipinski definition) is 0. The first-order chi connectivity index (χ1) is 3.18. The van der Waals surface area contributed by atoms with Crippen molar-refractivity contribution in [3.63, 3.8) is 0 Å². The Kier molecular flexibility index (Phi) is 5.18. The molecule has 0 aromatic carbocycles. The maximum Gasteiger partial charge on any atom is 0.202 e. The van der Waals surface area contributed by atoms with Gasteiger partial charge in [-0.1, -0.05) is 12.1 Å². The maximum atomic E-state index is 3.92. The number of rotatable bonds is 2. The zero-order valence-electron chi connectivity index (χ0n) is 4.25. The Morgan fingerprint density at radius 3 is 2.14 bits per heavy atom. The molecule has 0 saturated carbocycles. The molecule has 0 amide bonds. The molecule has 0 N–H and O–H groups in total. The van der Waals surface area contributed by atoms with Gasteiger partial charge in [-0.15, -0.1) is 50.2 Å². The molecule has 0 aliphatic rings. The van der Waals surface area contributed by atoms with Crippen molar-refractivity contribution < 1.29 is 0 Å². The van der Waals surface area contributed by atoms with E-state index in [-0.39, 0.29) is 0 Å². The predicted molar refractivity (Wildman–Crippen MR) is 54.6 cm³/mol. The summed E-state index contributed by atoms with van der Waals surface area (Å²) in [7, 11) is 0. The van der Waals surface area contributed by atoms with Crippen LogP contribution >= 0.6 is 43.6 Å². The Hall–Kier alpha value is 1.42. The Balaban J connectivity index is 3.35. The molecule has 0 fully saturated rings. The van der Waals surface area contributed by atoms with E-state index in [1.807, 2.05) is 0 Å². The highest BCUT2D eigenvalue weighted by atomic mass is 127. The lowest BCUT2D eigenvalue weighted by atomic mass is 10.5. The van der Waals surface area contributed by atoms with E-state index in [9.17, 15) is 0 Å².